The van der Waals surface area contributed by atoms with Crippen molar-refractivity contribution >= 4 is 17.3 Å². The van der Waals surface area contributed by atoms with E-state index < -0.39 is 4.92 Å². The highest BCUT2D eigenvalue weighted by atomic mass is 16.6. The van der Waals surface area contributed by atoms with Crippen molar-refractivity contribution in [1.82, 2.24) is 5.32 Å². The molecule has 126 valence electrons. The first-order valence-electron chi connectivity index (χ1n) is 7.68. The summed E-state index contributed by atoms with van der Waals surface area (Å²) in [6.07, 6.45) is 0.702. The molecule has 6 nitrogen and oxygen atoms in total. The molecule has 0 bridgehead atoms. The van der Waals surface area contributed by atoms with Crippen molar-refractivity contribution < 1.29 is 9.72 Å². The highest BCUT2D eigenvalue weighted by Gasteiger charge is 2.17. The van der Waals surface area contributed by atoms with E-state index in [-0.39, 0.29) is 11.6 Å². The third-order valence-corrected chi connectivity index (χ3v) is 3.90. The van der Waals surface area contributed by atoms with E-state index in [1.165, 1.54) is 12.1 Å². The number of nitro benzene ring substituents is 1. The summed E-state index contributed by atoms with van der Waals surface area (Å²) in [6.45, 7) is 2.06. The molecule has 0 radical (unpaired) electrons. The first-order chi connectivity index (χ1) is 11.4. The molecule has 2 aromatic rings. The van der Waals surface area contributed by atoms with Crippen LogP contribution in [0.3, 0.4) is 0 Å². The van der Waals surface area contributed by atoms with E-state index in [1.807, 2.05) is 43.3 Å². The number of hydrogen-bond donors (Lipinski definition) is 1. The molecule has 0 fully saturated rings. The number of amides is 1. The molecule has 0 heterocycles. The topological polar surface area (TPSA) is 75.5 Å². The quantitative estimate of drug-likeness (QED) is 0.654. The zero-order valence-electron chi connectivity index (χ0n) is 14.1. The Labute approximate surface area is 141 Å². The summed E-state index contributed by atoms with van der Waals surface area (Å²) >= 11 is 0. The van der Waals surface area contributed by atoms with Gasteiger partial charge in [-0.2, -0.15) is 0 Å². The van der Waals surface area contributed by atoms with Gasteiger partial charge in [-0.25, -0.2) is 0 Å². The fourth-order valence-electron chi connectivity index (χ4n) is 2.44. The van der Waals surface area contributed by atoms with E-state index >= 15 is 0 Å². The van der Waals surface area contributed by atoms with Gasteiger partial charge in [-0.3, -0.25) is 14.9 Å². The lowest BCUT2D eigenvalue weighted by atomic mass is 10.1. The lowest BCUT2D eigenvalue weighted by Crippen LogP contribution is -2.26. The molecule has 0 spiro atoms. The SMILES string of the molecule is Cc1c(C(=O)NCCc2ccc(N(C)C)cc2)cccc1[N+](=O)[O-]. The largest absolute Gasteiger partial charge is 0.378 e. The fourth-order valence-corrected chi connectivity index (χ4v) is 2.44. The molecule has 6 heteroatoms. The Morgan fingerprint density at radius 3 is 2.42 bits per heavy atom. The minimum Gasteiger partial charge on any atom is -0.378 e. The minimum absolute atomic E-state index is 0.0399. The molecular weight excluding hydrogens is 306 g/mol. The first-order valence-corrected chi connectivity index (χ1v) is 7.68. The second-order valence-electron chi connectivity index (χ2n) is 5.77. The molecule has 0 aliphatic heterocycles. The highest BCUT2D eigenvalue weighted by molar-refractivity contribution is 5.96. The number of anilines is 1. The number of nitrogens with one attached hydrogen (secondary N) is 1. The zero-order chi connectivity index (χ0) is 17.7. The molecule has 24 heavy (non-hydrogen) atoms. The van der Waals surface area contributed by atoms with E-state index in [1.54, 1.807) is 13.0 Å². The Kier molecular flexibility index (Phi) is 5.52. The van der Waals surface area contributed by atoms with Crippen molar-refractivity contribution in [3.8, 4) is 0 Å². The summed E-state index contributed by atoms with van der Waals surface area (Å²) < 4.78 is 0. The number of nitrogens with zero attached hydrogens (tertiary/aromatic N) is 2. The van der Waals surface area contributed by atoms with Gasteiger partial charge in [0.05, 0.1) is 4.92 Å². The van der Waals surface area contributed by atoms with Gasteiger partial charge in [0, 0.05) is 43.5 Å². The van der Waals surface area contributed by atoms with Gasteiger partial charge >= 0.3 is 0 Å². The van der Waals surface area contributed by atoms with Crippen LogP contribution >= 0.6 is 0 Å². The van der Waals surface area contributed by atoms with Crippen LogP contribution in [-0.4, -0.2) is 31.5 Å². The van der Waals surface area contributed by atoms with Gasteiger partial charge in [0.15, 0.2) is 0 Å². The summed E-state index contributed by atoms with van der Waals surface area (Å²) in [6, 6.07) is 12.6. The maximum atomic E-state index is 12.2. The number of rotatable bonds is 6. The van der Waals surface area contributed by atoms with Crippen molar-refractivity contribution in [2.24, 2.45) is 0 Å². The van der Waals surface area contributed by atoms with Crippen molar-refractivity contribution in [3.63, 3.8) is 0 Å². The standard InChI is InChI=1S/C18H21N3O3/c1-13-16(5-4-6-17(13)21(23)24)18(22)19-12-11-14-7-9-15(10-8-14)20(2)3/h4-10H,11-12H2,1-3H3,(H,19,22). The molecule has 1 amide bonds. The Morgan fingerprint density at radius 2 is 1.83 bits per heavy atom. The molecule has 0 saturated heterocycles. The van der Waals surface area contributed by atoms with Crippen LogP contribution in [0.5, 0.6) is 0 Å². The first kappa shape index (κ1) is 17.5. The monoisotopic (exact) mass is 327 g/mol. The van der Waals surface area contributed by atoms with E-state index in [0.29, 0.717) is 24.1 Å². The smallest absolute Gasteiger partial charge is 0.273 e. The molecule has 2 rings (SSSR count). The summed E-state index contributed by atoms with van der Waals surface area (Å²) in [5.41, 5.74) is 2.93. The average molecular weight is 327 g/mol. The van der Waals surface area contributed by atoms with E-state index in [0.717, 1.165) is 11.3 Å². The molecule has 0 unspecified atom stereocenters. The van der Waals surface area contributed by atoms with E-state index in [4.69, 9.17) is 0 Å². The van der Waals surface area contributed by atoms with E-state index in [9.17, 15) is 14.9 Å². The lowest BCUT2D eigenvalue weighted by Gasteiger charge is -2.13. The van der Waals surface area contributed by atoms with Gasteiger partial charge in [0.1, 0.15) is 0 Å². The Morgan fingerprint density at radius 1 is 1.17 bits per heavy atom. The number of hydrogen-bond acceptors (Lipinski definition) is 4. The Bertz CT molecular complexity index is 740. The number of carbonyl (C=O) groups is 1. The van der Waals surface area contributed by atoms with Crippen LogP contribution in [0.15, 0.2) is 42.5 Å². The molecule has 1 N–H and O–H groups in total. The average Bonchev–Trinajstić information content (AvgIpc) is 2.55. The predicted molar refractivity (Wildman–Crippen MR) is 94.6 cm³/mol. The summed E-state index contributed by atoms with van der Waals surface area (Å²) in [5, 5.41) is 13.8. The van der Waals surface area contributed by atoms with Crippen LogP contribution < -0.4 is 10.2 Å². The van der Waals surface area contributed by atoms with Gasteiger partial charge < -0.3 is 10.2 Å². The van der Waals surface area contributed by atoms with Gasteiger partial charge in [-0.1, -0.05) is 18.2 Å². The maximum Gasteiger partial charge on any atom is 0.273 e. The second-order valence-corrected chi connectivity index (χ2v) is 5.77. The maximum absolute atomic E-state index is 12.2. The molecule has 0 aliphatic carbocycles. The van der Waals surface area contributed by atoms with Crippen LogP contribution in [0.1, 0.15) is 21.5 Å². The molecule has 2 aromatic carbocycles. The van der Waals surface area contributed by atoms with Crippen LogP contribution in [0, 0.1) is 17.0 Å². The lowest BCUT2D eigenvalue weighted by molar-refractivity contribution is -0.385. The van der Waals surface area contributed by atoms with Gasteiger partial charge in [0.2, 0.25) is 0 Å². The van der Waals surface area contributed by atoms with Crippen molar-refractivity contribution in [3.05, 3.63) is 69.3 Å². The van der Waals surface area contributed by atoms with Crippen molar-refractivity contribution in [1.29, 1.82) is 0 Å². The van der Waals surface area contributed by atoms with E-state index in [2.05, 4.69) is 5.32 Å². The molecule has 0 aliphatic rings. The third kappa shape index (κ3) is 4.10. The second kappa shape index (κ2) is 7.59. The summed E-state index contributed by atoms with van der Waals surface area (Å²) in [4.78, 5) is 24.7. The van der Waals surface area contributed by atoms with Crippen LogP contribution in [-0.2, 0) is 6.42 Å². The minimum atomic E-state index is -0.474. The van der Waals surface area contributed by atoms with Crippen LogP contribution in [0.25, 0.3) is 0 Å². The molecular formula is C18H21N3O3. The van der Waals surface area contributed by atoms with Crippen molar-refractivity contribution in [2.75, 3.05) is 25.5 Å². The Hall–Kier alpha value is -2.89. The van der Waals surface area contributed by atoms with Gasteiger partial charge in [-0.05, 0) is 37.1 Å². The zero-order valence-corrected chi connectivity index (χ0v) is 14.1. The van der Waals surface area contributed by atoms with Crippen molar-refractivity contribution in [2.45, 2.75) is 13.3 Å². The predicted octanol–water partition coefficient (Wildman–Crippen LogP) is 2.94. The Balaban J connectivity index is 1.96. The molecule has 0 saturated carbocycles. The highest BCUT2D eigenvalue weighted by Crippen LogP contribution is 2.21. The van der Waals surface area contributed by atoms with Gasteiger partial charge in [-0.15, -0.1) is 0 Å². The van der Waals surface area contributed by atoms with Gasteiger partial charge in [0.25, 0.3) is 11.6 Å². The van der Waals surface area contributed by atoms with Crippen LogP contribution in [0.2, 0.25) is 0 Å². The fraction of sp³-hybridized carbons (Fsp3) is 0.278. The summed E-state index contributed by atoms with van der Waals surface area (Å²) in [5.74, 6) is -0.291. The third-order valence-electron chi connectivity index (χ3n) is 3.90. The number of nitro groups is 1. The summed E-state index contributed by atoms with van der Waals surface area (Å²) in [7, 11) is 3.97. The normalized spacial score (nSPS) is 10.3. The number of carbonyl (C=O) groups excluding carboxylic acids is 1. The molecule has 0 aromatic heterocycles. The van der Waals surface area contributed by atoms with Crippen LogP contribution in [0.4, 0.5) is 11.4 Å². The number of benzene rings is 2. The molecule has 0 atom stereocenters.